The van der Waals surface area contributed by atoms with Crippen LogP contribution < -0.4 is 0 Å². The Hall–Kier alpha value is -0.700. The molecule has 0 spiro atoms. The summed E-state index contributed by atoms with van der Waals surface area (Å²) >= 11 is 17.7. The highest BCUT2D eigenvalue weighted by Gasteiger charge is 2.07. The number of nitrogens with zero attached hydrogens (tertiary/aromatic N) is 1. The largest absolute Gasteiger partial charge is 0.348 e. The van der Waals surface area contributed by atoms with Crippen molar-refractivity contribution in [2.75, 3.05) is 0 Å². The van der Waals surface area contributed by atoms with Gasteiger partial charge in [-0.1, -0.05) is 34.8 Å². The van der Waals surface area contributed by atoms with Gasteiger partial charge in [0.05, 0.1) is 15.1 Å². The van der Waals surface area contributed by atoms with Crippen LogP contribution >= 0.6 is 34.8 Å². The molecule has 0 saturated heterocycles. The Kier molecular flexibility index (Phi) is 3.19. The first-order valence-electron chi connectivity index (χ1n) is 4.28. The van der Waals surface area contributed by atoms with Crippen molar-refractivity contribution >= 4 is 34.8 Å². The Morgan fingerprint density at radius 1 is 1.13 bits per heavy atom. The van der Waals surface area contributed by atoms with E-state index in [0.29, 0.717) is 21.5 Å². The van der Waals surface area contributed by atoms with Crippen LogP contribution in [-0.4, -0.2) is 9.97 Å². The van der Waals surface area contributed by atoms with Crippen molar-refractivity contribution in [3.63, 3.8) is 0 Å². The minimum absolute atomic E-state index is 0.390. The van der Waals surface area contributed by atoms with Crippen molar-refractivity contribution in [3.05, 3.63) is 51.0 Å². The van der Waals surface area contributed by atoms with E-state index in [4.69, 9.17) is 34.8 Å². The van der Waals surface area contributed by atoms with Crippen molar-refractivity contribution in [3.8, 4) is 0 Å². The Morgan fingerprint density at radius 3 is 2.33 bits per heavy atom. The smallest absolute Gasteiger partial charge is 0.110 e. The molecule has 15 heavy (non-hydrogen) atoms. The number of rotatable bonds is 2. The normalized spacial score (nSPS) is 10.6. The minimum Gasteiger partial charge on any atom is -0.348 e. The van der Waals surface area contributed by atoms with Crippen LogP contribution in [0.15, 0.2) is 24.5 Å². The molecular formula is C10H7Cl3N2. The molecule has 0 atom stereocenters. The molecule has 0 fully saturated rings. The standard InChI is InChI=1S/C10H7Cl3N2/c11-7-3-6(4-8(12)10(7)13)5-9-14-1-2-15-9/h1-4H,5H2,(H,14,15). The Morgan fingerprint density at radius 2 is 1.80 bits per heavy atom. The molecule has 0 aliphatic heterocycles. The van der Waals surface area contributed by atoms with Crippen molar-refractivity contribution < 1.29 is 0 Å². The van der Waals surface area contributed by atoms with Gasteiger partial charge in [0.25, 0.3) is 0 Å². The molecule has 1 aromatic heterocycles. The molecule has 0 saturated carbocycles. The molecule has 0 unspecified atom stereocenters. The number of benzene rings is 1. The van der Waals surface area contributed by atoms with Crippen LogP contribution in [0, 0.1) is 0 Å². The molecule has 0 aliphatic carbocycles. The van der Waals surface area contributed by atoms with Crippen LogP contribution in [0.4, 0.5) is 0 Å². The first kappa shape index (κ1) is 10.8. The number of halogens is 3. The van der Waals surface area contributed by atoms with Gasteiger partial charge in [0, 0.05) is 18.8 Å². The average molecular weight is 262 g/mol. The van der Waals surface area contributed by atoms with E-state index in [1.54, 1.807) is 24.5 Å². The number of aromatic nitrogens is 2. The fraction of sp³-hybridized carbons (Fsp3) is 0.100. The SMILES string of the molecule is Clc1cc(Cc2ncc[nH]2)cc(Cl)c1Cl. The van der Waals surface area contributed by atoms with Gasteiger partial charge in [-0.25, -0.2) is 4.98 Å². The van der Waals surface area contributed by atoms with E-state index >= 15 is 0 Å². The summed E-state index contributed by atoms with van der Waals surface area (Å²) in [7, 11) is 0. The number of H-pyrrole nitrogens is 1. The molecule has 5 heteroatoms. The maximum absolute atomic E-state index is 5.91. The molecule has 2 nitrogen and oxygen atoms in total. The van der Waals surface area contributed by atoms with E-state index in [2.05, 4.69) is 9.97 Å². The van der Waals surface area contributed by atoms with Crippen LogP contribution in [0.1, 0.15) is 11.4 Å². The number of imidazole rings is 1. The molecule has 0 bridgehead atoms. The highest BCUT2D eigenvalue weighted by molar-refractivity contribution is 6.48. The molecular weight excluding hydrogens is 254 g/mol. The van der Waals surface area contributed by atoms with Crippen molar-refractivity contribution in [2.45, 2.75) is 6.42 Å². The lowest BCUT2D eigenvalue weighted by Crippen LogP contribution is -1.91. The second kappa shape index (κ2) is 4.44. The monoisotopic (exact) mass is 260 g/mol. The van der Waals surface area contributed by atoms with Gasteiger partial charge in [-0.3, -0.25) is 0 Å². The fourth-order valence-corrected chi connectivity index (χ4v) is 1.94. The number of nitrogens with one attached hydrogen (secondary N) is 1. The van der Waals surface area contributed by atoms with E-state index in [1.807, 2.05) is 0 Å². The average Bonchev–Trinajstić information content (AvgIpc) is 2.66. The van der Waals surface area contributed by atoms with E-state index in [0.717, 1.165) is 11.4 Å². The quantitative estimate of drug-likeness (QED) is 0.815. The molecule has 2 aromatic rings. The van der Waals surface area contributed by atoms with E-state index in [9.17, 15) is 0 Å². The van der Waals surface area contributed by atoms with Gasteiger partial charge in [-0.15, -0.1) is 0 Å². The van der Waals surface area contributed by atoms with Crippen LogP contribution in [0.2, 0.25) is 15.1 Å². The third kappa shape index (κ3) is 2.46. The van der Waals surface area contributed by atoms with Gasteiger partial charge in [0.1, 0.15) is 5.82 Å². The number of hydrogen-bond acceptors (Lipinski definition) is 1. The van der Waals surface area contributed by atoms with E-state index in [-0.39, 0.29) is 0 Å². The van der Waals surface area contributed by atoms with Crippen LogP contribution in [-0.2, 0) is 6.42 Å². The van der Waals surface area contributed by atoms with Crippen LogP contribution in [0.25, 0.3) is 0 Å². The zero-order chi connectivity index (χ0) is 10.8. The third-order valence-electron chi connectivity index (χ3n) is 1.97. The Balaban J connectivity index is 2.30. The van der Waals surface area contributed by atoms with Crippen LogP contribution in [0.3, 0.4) is 0 Å². The molecule has 2 rings (SSSR count). The summed E-state index contributed by atoms with van der Waals surface area (Å²) in [5.41, 5.74) is 0.976. The minimum atomic E-state index is 0.390. The Labute approximate surface area is 102 Å². The van der Waals surface area contributed by atoms with Gasteiger partial charge in [-0.2, -0.15) is 0 Å². The van der Waals surface area contributed by atoms with Gasteiger partial charge in [0.15, 0.2) is 0 Å². The lowest BCUT2D eigenvalue weighted by Gasteiger charge is -2.03. The number of aromatic amines is 1. The third-order valence-corrected chi connectivity index (χ3v) is 3.17. The molecule has 0 amide bonds. The topological polar surface area (TPSA) is 28.7 Å². The predicted octanol–water partition coefficient (Wildman–Crippen LogP) is 3.96. The lowest BCUT2D eigenvalue weighted by molar-refractivity contribution is 1.03. The molecule has 1 N–H and O–H groups in total. The maximum atomic E-state index is 5.91. The maximum Gasteiger partial charge on any atom is 0.110 e. The van der Waals surface area contributed by atoms with Crippen molar-refractivity contribution in [1.29, 1.82) is 0 Å². The molecule has 0 radical (unpaired) electrons. The predicted molar refractivity (Wildman–Crippen MR) is 62.9 cm³/mol. The van der Waals surface area contributed by atoms with Gasteiger partial charge >= 0.3 is 0 Å². The second-order valence-electron chi connectivity index (χ2n) is 3.09. The summed E-state index contributed by atoms with van der Waals surface area (Å²) < 4.78 is 0. The van der Waals surface area contributed by atoms with Crippen LogP contribution in [0.5, 0.6) is 0 Å². The van der Waals surface area contributed by atoms with Gasteiger partial charge < -0.3 is 4.98 Å². The summed E-state index contributed by atoms with van der Waals surface area (Å²) in [6.45, 7) is 0. The Bertz CT molecular complexity index is 443. The summed E-state index contributed by atoms with van der Waals surface area (Å²) in [6, 6.07) is 3.58. The first-order chi connectivity index (χ1) is 7.16. The highest BCUT2D eigenvalue weighted by Crippen LogP contribution is 2.31. The summed E-state index contributed by atoms with van der Waals surface area (Å²) in [4.78, 5) is 7.13. The molecule has 1 heterocycles. The lowest BCUT2D eigenvalue weighted by atomic mass is 10.1. The van der Waals surface area contributed by atoms with Gasteiger partial charge in [0.2, 0.25) is 0 Å². The highest BCUT2D eigenvalue weighted by atomic mass is 35.5. The fourth-order valence-electron chi connectivity index (χ4n) is 1.30. The van der Waals surface area contributed by atoms with Crippen molar-refractivity contribution in [1.82, 2.24) is 9.97 Å². The summed E-state index contributed by atoms with van der Waals surface area (Å²) in [5, 5.41) is 1.32. The van der Waals surface area contributed by atoms with Gasteiger partial charge in [-0.05, 0) is 17.7 Å². The molecule has 0 aliphatic rings. The van der Waals surface area contributed by atoms with Crippen molar-refractivity contribution in [2.24, 2.45) is 0 Å². The number of hydrogen-bond donors (Lipinski definition) is 1. The molecule has 1 aromatic carbocycles. The molecule has 78 valence electrons. The summed E-state index contributed by atoms with van der Waals surface area (Å²) in [5.74, 6) is 0.865. The zero-order valence-electron chi connectivity index (χ0n) is 7.60. The van der Waals surface area contributed by atoms with E-state index in [1.165, 1.54) is 0 Å². The van der Waals surface area contributed by atoms with E-state index < -0.39 is 0 Å². The summed E-state index contributed by atoms with van der Waals surface area (Å²) in [6.07, 6.45) is 4.13. The first-order valence-corrected chi connectivity index (χ1v) is 5.42. The zero-order valence-corrected chi connectivity index (χ0v) is 9.87. The second-order valence-corrected chi connectivity index (χ2v) is 4.28.